The largest absolute Gasteiger partial charge is 0.338 e. The number of carbonyl (C=O) groups excluding carboxylic acids is 1. The molecule has 1 aromatic carbocycles. The first-order valence-corrected chi connectivity index (χ1v) is 10.0. The zero-order valence-corrected chi connectivity index (χ0v) is 15.2. The Morgan fingerprint density at radius 1 is 1.17 bits per heavy atom. The van der Waals surface area contributed by atoms with Crippen LogP contribution in [0.2, 0.25) is 0 Å². The Bertz CT molecular complexity index is 851. The van der Waals surface area contributed by atoms with Crippen LogP contribution < -0.4 is 4.72 Å². The van der Waals surface area contributed by atoms with E-state index < -0.39 is 10.0 Å². The monoisotopic (exact) mass is 365 g/mol. The van der Waals surface area contributed by atoms with Gasteiger partial charge in [-0.1, -0.05) is 29.0 Å². The highest BCUT2D eigenvalue weighted by molar-refractivity contribution is 7.93. The average Bonchev–Trinajstić information content (AvgIpc) is 3.16. The molecular formula is C16H19N3O3S2. The fraction of sp³-hybridized carbons (Fsp3) is 0.375. The number of aryl methyl sites for hydroxylation is 2. The van der Waals surface area contributed by atoms with Crippen molar-refractivity contribution in [2.24, 2.45) is 0 Å². The zero-order chi connectivity index (χ0) is 17.3. The van der Waals surface area contributed by atoms with E-state index in [1.165, 1.54) is 0 Å². The molecular weight excluding hydrogens is 346 g/mol. The van der Waals surface area contributed by atoms with Crippen molar-refractivity contribution < 1.29 is 13.2 Å². The quantitative estimate of drug-likeness (QED) is 0.903. The van der Waals surface area contributed by atoms with Crippen molar-refractivity contribution in [3.05, 3.63) is 40.4 Å². The number of rotatable bonds is 4. The van der Waals surface area contributed by atoms with E-state index in [4.69, 9.17) is 0 Å². The normalized spacial score (nSPS) is 14.8. The summed E-state index contributed by atoms with van der Waals surface area (Å²) < 4.78 is 27.3. The van der Waals surface area contributed by atoms with Gasteiger partial charge in [-0.3, -0.25) is 9.52 Å². The second-order valence-corrected chi connectivity index (χ2v) is 8.53. The maximum absolute atomic E-state index is 12.5. The van der Waals surface area contributed by atoms with E-state index in [9.17, 15) is 13.2 Å². The second-order valence-electron chi connectivity index (χ2n) is 5.85. The fourth-order valence-electron chi connectivity index (χ4n) is 2.59. The Labute approximate surface area is 145 Å². The van der Waals surface area contributed by atoms with Crippen LogP contribution in [-0.4, -0.2) is 37.3 Å². The minimum atomic E-state index is -3.71. The topological polar surface area (TPSA) is 79.4 Å². The summed E-state index contributed by atoms with van der Waals surface area (Å²) in [7, 11) is -3.71. The van der Waals surface area contributed by atoms with Crippen LogP contribution in [-0.2, 0) is 10.0 Å². The number of sulfonamides is 1. The summed E-state index contributed by atoms with van der Waals surface area (Å²) >= 11 is 1.09. The van der Waals surface area contributed by atoms with Crippen LogP contribution in [0.3, 0.4) is 0 Å². The lowest BCUT2D eigenvalue weighted by atomic mass is 10.2. The van der Waals surface area contributed by atoms with E-state index >= 15 is 0 Å². The molecule has 6 nitrogen and oxygen atoms in total. The van der Waals surface area contributed by atoms with Gasteiger partial charge in [0.15, 0.2) is 5.13 Å². The maximum Gasteiger partial charge on any atom is 0.265 e. The van der Waals surface area contributed by atoms with Gasteiger partial charge in [-0.25, -0.2) is 13.4 Å². The van der Waals surface area contributed by atoms with Crippen LogP contribution in [0.4, 0.5) is 5.13 Å². The molecule has 0 spiro atoms. The highest BCUT2D eigenvalue weighted by Crippen LogP contribution is 2.27. The van der Waals surface area contributed by atoms with Gasteiger partial charge in [-0.05, 0) is 38.8 Å². The number of hydrogen-bond acceptors (Lipinski definition) is 5. The maximum atomic E-state index is 12.5. The molecule has 1 saturated heterocycles. The lowest BCUT2D eigenvalue weighted by Gasteiger charge is -2.13. The average molecular weight is 365 g/mol. The summed E-state index contributed by atoms with van der Waals surface area (Å²) in [6.45, 7) is 5.12. The molecule has 0 atom stereocenters. The first-order valence-electron chi connectivity index (χ1n) is 7.73. The van der Waals surface area contributed by atoms with Gasteiger partial charge in [-0.15, -0.1) is 0 Å². The number of thiazole rings is 1. The minimum Gasteiger partial charge on any atom is -0.338 e. The number of benzene rings is 1. The highest BCUT2D eigenvalue weighted by Gasteiger charge is 2.25. The number of hydrogen-bond donors (Lipinski definition) is 1. The molecule has 24 heavy (non-hydrogen) atoms. The SMILES string of the molecule is Cc1ccc(S(=O)(=O)Nc2nc(C)c(C(=O)N3CCCC3)s2)cc1. The van der Waals surface area contributed by atoms with E-state index in [0.717, 1.165) is 42.8 Å². The van der Waals surface area contributed by atoms with Crippen molar-refractivity contribution in [3.8, 4) is 0 Å². The Kier molecular flexibility index (Phi) is 4.60. The van der Waals surface area contributed by atoms with Crippen molar-refractivity contribution in [1.82, 2.24) is 9.88 Å². The standard InChI is InChI=1S/C16H19N3O3S2/c1-11-5-7-13(8-6-11)24(21,22)18-16-17-12(2)14(23-16)15(20)19-9-3-4-10-19/h5-8H,3-4,9-10H2,1-2H3,(H,17,18). The van der Waals surface area contributed by atoms with E-state index in [0.29, 0.717) is 10.6 Å². The summed E-state index contributed by atoms with van der Waals surface area (Å²) in [5.74, 6) is -0.0664. The van der Waals surface area contributed by atoms with Crippen LogP contribution in [0.1, 0.15) is 33.8 Å². The Morgan fingerprint density at radius 3 is 2.42 bits per heavy atom. The minimum absolute atomic E-state index is 0.0664. The molecule has 0 saturated carbocycles. The number of nitrogens with one attached hydrogen (secondary N) is 1. The Balaban J connectivity index is 1.82. The predicted octanol–water partition coefficient (Wildman–Crippen LogP) is 2.80. The van der Waals surface area contributed by atoms with Crippen LogP contribution in [0.25, 0.3) is 0 Å². The summed E-state index contributed by atoms with van der Waals surface area (Å²) in [6.07, 6.45) is 2.02. The molecule has 128 valence electrons. The van der Waals surface area contributed by atoms with Crippen LogP contribution in [0.5, 0.6) is 0 Å². The van der Waals surface area contributed by atoms with Gasteiger partial charge in [0.05, 0.1) is 10.6 Å². The smallest absolute Gasteiger partial charge is 0.265 e. The van der Waals surface area contributed by atoms with Gasteiger partial charge in [0.1, 0.15) is 4.88 Å². The van der Waals surface area contributed by atoms with E-state index in [-0.39, 0.29) is 15.9 Å². The Morgan fingerprint density at radius 2 is 1.79 bits per heavy atom. The molecule has 8 heteroatoms. The van der Waals surface area contributed by atoms with Gasteiger partial charge in [0.25, 0.3) is 15.9 Å². The molecule has 1 aliphatic heterocycles. The molecule has 1 aliphatic rings. The molecule has 0 radical (unpaired) electrons. The van der Waals surface area contributed by atoms with Crippen molar-refractivity contribution in [3.63, 3.8) is 0 Å². The third-order valence-corrected chi connectivity index (χ3v) is 6.48. The summed E-state index contributed by atoms with van der Waals surface area (Å²) in [6, 6.07) is 6.58. The molecule has 3 rings (SSSR count). The molecule has 1 N–H and O–H groups in total. The fourth-order valence-corrected chi connectivity index (χ4v) is 4.76. The van der Waals surface area contributed by atoms with Gasteiger partial charge in [0, 0.05) is 13.1 Å². The summed E-state index contributed by atoms with van der Waals surface area (Å²) in [5, 5.41) is 0.218. The van der Waals surface area contributed by atoms with Gasteiger partial charge >= 0.3 is 0 Å². The number of carbonyl (C=O) groups is 1. The Hall–Kier alpha value is -1.93. The van der Waals surface area contributed by atoms with Crippen molar-refractivity contribution in [2.45, 2.75) is 31.6 Å². The second kappa shape index (κ2) is 6.52. The summed E-state index contributed by atoms with van der Waals surface area (Å²) in [5.41, 5.74) is 1.54. The molecule has 1 amide bonds. The molecule has 0 unspecified atom stereocenters. The van der Waals surface area contributed by atoms with Crippen LogP contribution in [0, 0.1) is 13.8 Å². The number of likely N-dealkylation sites (tertiary alicyclic amines) is 1. The third kappa shape index (κ3) is 3.44. The zero-order valence-electron chi connectivity index (χ0n) is 13.6. The molecule has 0 aliphatic carbocycles. The molecule has 1 fully saturated rings. The third-order valence-electron chi connectivity index (χ3n) is 3.94. The lowest BCUT2D eigenvalue weighted by Crippen LogP contribution is -2.27. The number of anilines is 1. The molecule has 2 heterocycles. The molecule has 2 aromatic rings. The molecule has 0 bridgehead atoms. The van der Waals surface area contributed by atoms with Gasteiger partial charge < -0.3 is 4.90 Å². The van der Waals surface area contributed by atoms with Crippen LogP contribution in [0.15, 0.2) is 29.2 Å². The van der Waals surface area contributed by atoms with Crippen molar-refractivity contribution >= 4 is 32.4 Å². The number of amides is 1. The summed E-state index contributed by atoms with van der Waals surface area (Å²) in [4.78, 5) is 19.1. The first kappa shape index (κ1) is 16.9. The number of nitrogens with zero attached hydrogens (tertiary/aromatic N) is 2. The predicted molar refractivity (Wildman–Crippen MR) is 94.0 cm³/mol. The van der Waals surface area contributed by atoms with Crippen molar-refractivity contribution in [2.75, 3.05) is 17.8 Å². The van der Waals surface area contributed by atoms with Crippen LogP contribution >= 0.6 is 11.3 Å². The lowest BCUT2D eigenvalue weighted by molar-refractivity contribution is 0.0796. The van der Waals surface area contributed by atoms with E-state index in [1.54, 1.807) is 36.1 Å². The van der Waals surface area contributed by atoms with E-state index in [1.807, 2.05) is 6.92 Å². The van der Waals surface area contributed by atoms with E-state index in [2.05, 4.69) is 9.71 Å². The first-order chi connectivity index (χ1) is 11.4. The van der Waals surface area contributed by atoms with Gasteiger partial charge in [-0.2, -0.15) is 0 Å². The number of aromatic nitrogens is 1. The highest BCUT2D eigenvalue weighted by atomic mass is 32.2. The van der Waals surface area contributed by atoms with Gasteiger partial charge in [0.2, 0.25) is 0 Å². The van der Waals surface area contributed by atoms with Crippen molar-refractivity contribution in [1.29, 1.82) is 0 Å². The molecule has 1 aromatic heterocycles.